The fourth-order valence-electron chi connectivity index (χ4n) is 2.42. The van der Waals surface area contributed by atoms with Gasteiger partial charge in [-0.25, -0.2) is 0 Å². The van der Waals surface area contributed by atoms with E-state index in [-0.39, 0.29) is 18.4 Å². The first-order chi connectivity index (χ1) is 10.1. The molecule has 0 spiro atoms. The summed E-state index contributed by atoms with van der Waals surface area (Å²) < 4.78 is 0. The first-order valence-electron chi connectivity index (χ1n) is 6.78. The molecule has 1 aliphatic rings. The van der Waals surface area contributed by atoms with Crippen molar-refractivity contribution in [3.63, 3.8) is 0 Å². The van der Waals surface area contributed by atoms with Gasteiger partial charge < -0.3 is 4.90 Å². The van der Waals surface area contributed by atoms with E-state index in [4.69, 9.17) is 4.84 Å². The first kappa shape index (κ1) is 13.7. The molecule has 0 unspecified atom stereocenters. The van der Waals surface area contributed by atoms with Crippen LogP contribution in [0.1, 0.15) is 20.7 Å². The summed E-state index contributed by atoms with van der Waals surface area (Å²) in [4.78, 5) is 32.0. The summed E-state index contributed by atoms with van der Waals surface area (Å²) in [6, 6.07) is 11.1. The van der Waals surface area contributed by atoms with Gasteiger partial charge in [-0.1, -0.05) is 30.3 Å². The zero-order valence-corrected chi connectivity index (χ0v) is 12.0. The number of nitrogens with zero attached hydrogens (tertiary/aromatic N) is 2. The number of fused-ring (bicyclic) bond motifs is 3. The second-order valence-corrected chi connectivity index (χ2v) is 5.25. The van der Waals surface area contributed by atoms with Gasteiger partial charge in [0, 0.05) is 6.54 Å². The third-order valence-electron chi connectivity index (χ3n) is 3.50. The van der Waals surface area contributed by atoms with E-state index in [1.807, 2.05) is 49.3 Å². The molecule has 1 aliphatic heterocycles. The van der Waals surface area contributed by atoms with Crippen molar-refractivity contribution in [1.29, 1.82) is 0 Å². The minimum atomic E-state index is -0.389. The maximum Gasteiger partial charge on any atom is 0.286 e. The number of hydroxylamine groups is 2. The van der Waals surface area contributed by atoms with Crippen LogP contribution in [0, 0.1) is 0 Å². The van der Waals surface area contributed by atoms with E-state index < -0.39 is 0 Å². The third kappa shape index (κ3) is 2.30. The van der Waals surface area contributed by atoms with E-state index >= 15 is 0 Å². The Bertz CT molecular complexity index is 725. The number of hydrogen-bond acceptors (Lipinski definition) is 4. The van der Waals surface area contributed by atoms with Crippen LogP contribution in [0.25, 0.3) is 10.8 Å². The Labute approximate surface area is 122 Å². The normalized spacial score (nSPS) is 14.3. The highest BCUT2D eigenvalue weighted by Crippen LogP contribution is 2.30. The topological polar surface area (TPSA) is 49.9 Å². The molecule has 21 heavy (non-hydrogen) atoms. The highest BCUT2D eigenvalue weighted by molar-refractivity contribution is 6.25. The number of rotatable bonds is 4. The molecular formula is C16H16N2O3. The highest BCUT2D eigenvalue weighted by atomic mass is 16.7. The summed E-state index contributed by atoms with van der Waals surface area (Å²) in [5, 5.41) is 2.60. The molecule has 0 saturated heterocycles. The summed E-state index contributed by atoms with van der Waals surface area (Å²) in [5.74, 6) is -0.773. The van der Waals surface area contributed by atoms with Gasteiger partial charge in [0.05, 0.1) is 17.7 Å². The molecule has 5 nitrogen and oxygen atoms in total. The van der Waals surface area contributed by atoms with E-state index in [9.17, 15) is 9.59 Å². The molecule has 0 bridgehead atoms. The van der Waals surface area contributed by atoms with Gasteiger partial charge in [0.25, 0.3) is 11.8 Å². The summed E-state index contributed by atoms with van der Waals surface area (Å²) in [6.07, 6.45) is 0. The van der Waals surface area contributed by atoms with Crippen LogP contribution < -0.4 is 0 Å². The van der Waals surface area contributed by atoms with Crippen molar-refractivity contribution in [2.45, 2.75) is 0 Å². The van der Waals surface area contributed by atoms with Crippen LogP contribution in [-0.4, -0.2) is 49.0 Å². The number of benzene rings is 2. The van der Waals surface area contributed by atoms with Crippen molar-refractivity contribution in [1.82, 2.24) is 9.96 Å². The van der Waals surface area contributed by atoms with Crippen molar-refractivity contribution in [2.24, 2.45) is 0 Å². The molecule has 0 N–H and O–H groups in total. The van der Waals surface area contributed by atoms with Crippen LogP contribution in [0.5, 0.6) is 0 Å². The molecule has 0 fully saturated rings. The van der Waals surface area contributed by atoms with E-state index in [0.717, 1.165) is 15.8 Å². The van der Waals surface area contributed by atoms with Gasteiger partial charge in [0.1, 0.15) is 0 Å². The fourth-order valence-corrected chi connectivity index (χ4v) is 2.42. The molecule has 108 valence electrons. The lowest BCUT2D eigenvalue weighted by Crippen LogP contribution is -2.32. The molecule has 0 atom stereocenters. The molecule has 0 saturated carbocycles. The summed E-state index contributed by atoms with van der Waals surface area (Å²) in [5.41, 5.74) is 0.839. The van der Waals surface area contributed by atoms with E-state index in [1.165, 1.54) is 0 Å². The van der Waals surface area contributed by atoms with E-state index in [0.29, 0.717) is 17.7 Å². The SMILES string of the molecule is CN(C)CCON1C(=O)c2ccc3ccccc3c2C1=O. The van der Waals surface area contributed by atoms with Crippen LogP contribution in [0.2, 0.25) is 0 Å². The number of amides is 2. The molecular weight excluding hydrogens is 268 g/mol. The number of imide groups is 1. The molecule has 0 radical (unpaired) electrons. The van der Waals surface area contributed by atoms with Crippen molar-refractivity contribution < 1.29 is 14.4 Å². The average molecular weight is 284 g/mol. The average Bonchev–Trinajstić information content (AvgIpc) is 2.72. The molecule has 2 aromatic rings. The van der Waals surface area contributed by atoms with Crippen LogP contribution >= 0.6 is 0 Å². The highest BCUT2D eigenvalue weighted by Gasteiger charge is 2.38. The lowest BCUT2D eigenvalue weighted by Gasteiger charge is -2.15. The van der Waals surface area contributed by atoms with Gasteiger partial charge in [0.2, 0.25) is 0 Å². The molecule has 1 heterocycles. The Balaban J connectivity index is 1.95. The van der Waals surface area contributed by atoms with Crippen molar-refractivity contribution in [2.75, 3.05) is 27.2 Å². The van der Waals surface area contributed by atoms with Crippen molar-refractivity contribution in [3.8, 4) is 0 Å². The molecule has 2 aromatic carbocycles. The monoisotopic (exact) mass is 284 g/mol. The van der Waals surface area contributed by atoms with Gasteiger partial charge in [-0.2, -0.15) is 0 Å². The van der Waals surface area contributed by atoms with Gasteiger partial charge >= 0.3 is 0 Å². The Morgan fingerprint density at radius 3 is 2.57 bits per heavy atom. The maximum atomic E-state index is 12.5. The Morgan fingerprint density at radius 2 is 1.81 bits per heavy atom. The standard InChI is InChI=1S/C16H16N2O3/c1-17(2)9-10-21-18-15(19)13-8-7-11-5-3-4-6-12(11)14(13)16(18)20/h3-8H,9-10H2,1-2H3. The maximum absolute atomic E-state index is 12.5. The van der Waals surface area contributed by atoms with Crippen LogP contribution in [0.3, 0.4) is 0 Å². The zero-order chi connectivity index (χ0) is 15.0. The van der Waals surface area contributed by atoms with Gasteiger partial charge in [-0.15, -0.1) is 5.06 Å². The Hall–Kier alpha value is -2.24. The molecule has 2 amide bonds. The number of hydrogen-bond donors (Lipinski definition) is 0. The number of likely N-dealkylation sites (N-methyl/N-ethyl adjacent to an activating group) is 1. The van der Waals surface area contributed by atoms with Crippen LogP contribution in [0.4, 0.5) is 0 Å². The summed E-state index contributed by atoms with van der Waals surface area (Å²) >= 11 is 0. The zero-order valence-electron chi connectivity index (χ0n) is 12.0. The molecule has 0 aromatic heterocycles. The minimum Gasteiger partial charge on any atom is -0.307 e. The second kappa shape index (κ2) is 5.27. The summed E-state index contributed by atoms with van der Waals surface area (Å²) in [6.45, 7) is 0.921. The Kier molecular flexibility index (Phi) is 3.45. The lowest BCUT2D eigenvalue weighted by molar-refractivity contribution is -0.0938. The quantitative estimate of drug-likeness (QED) is 0.805. The van der Waals surface area contributed by atoms with E-state index in [1.54, 1.807) is 6.07 Å². The van der Waals surface area contributed by atoms with Gasteiger partial charge in [-0.05, 0) is 30.9 Å². The lowest BCUT2D eigenvalue weighted by atomic mass is 10.0. The second-order valence-electron chi connectivity index (χ2n) is 5.25. The van der Waals surface area contributed by atoms with Gasteiger partial charge in [0.15, 0.2) is 0 Å². The van der Waals surface area contributed by atoms with Gasteiger partial charge in [-0.3, -0.25) is 14.4 Å². The Morgan fingerprint density at radius 1 is 1.05 bits per heavy atom. The summed E-state index contributed by atoms with van der Waals surface area (Å²) in [7, 11) is 3.80. The van der Waals surface area contributed by atoms with Crippen LogP contribution in [0.15, 0.2) is 36.4 Å². The van der Waals surface area contributed by atoms with Crippen molar-refractivity contribution in [3.05, 3.63) is 47.5 Å². The molecule has 3 rings (SSSR count). The molecule has 0 aliphatic carbocycles. The predicted octanol–water partition coefficient (Wildman–Crippen LogP) is 1.93. The predicted molar refractivity (Wildman–Crippen MR) is 79.0 cm³/mol. The first-order valence-corrected chi connectivity index (χ1v) is 6.78. The van der Waals surface area contributed by atoms with Crippen LogP contribution in [-0.2, 0) is 4.84 Å². The smallest absolute Gasteiger partial charge is 0.286 e. The largest absolute Gasteiger partial charge is 0.307 e. The number of carbonyl (C=O) groups is 2. The molecule has 5 heteroatoms. The fraction of sp³-hybridized carbons (Fsp3) is 0.250. The van der Waals surface area contributed by atoms with E-state index in [2.05, 4.69) is 0 Å². The minimum absolute atomic E-state index is 0.288. The van der Waals surface area contributed by atoms with Crippen molar-refractivity contribution >= 4 is 22.6 Å². The third-order valence-corrected chi connectivity index (χ3v) is 3.50. The number of carbonyl (C=O) groups excluding carboxylic acids is 2.